The zero-order valence-corrected chi connectivity index (χ0v) is 8.89. The first kappa shape index (κ1) is 13.0. The first-order valence-electron chi connectivity index (χ1n) is 4.57. The average Bonchev–Trinajstić information content (AvgIpc) is 2.25. The second-order valence-corrected chi connectivity index (χ2v) is 2.96. The Morgan fingerprint density at radius 2 is 2.12 bits per heavy atom. The van der Waals surface area contributed by atoms with Gasteiger partial charge in [-0.15, -0.1) is 0 Å². The van der Waals surface area contributed by atoms with E-state index in [9.17, 15) is 13.6 Å². The van der Waals surface area contributed by atoms with E-state index in [-0.39, 0.29) is 11.5 Å². The quantitative estimate of drug-likeness (QED) is 0.808. The van der Waals surface area contributed by atoms with E-state index < -0.39 is 12.6 Å². The highest BCUT2D eigenvalue weighted by atomic mass is 19.3. The van der Waals surface area contributed by atoms with Crippen LogP contribution >= 0.6 is 0 Å². The number of benzene rings is 1. The predicted molar refractivity (Wildman–Crippen MR) is 56.3 cm³/mol. The molecule has 0 unspecified atom stereocenters. The van der Waals surface area contributed by atoms with E-state index in [2.05, 4.69) is 4.74 Å². The molecular formula is C11H10F2O4. The number of carboxylic acid groups (broad SMARTS) is 1. The van der Waals surface area contributed by atoms with Gasteiger partial charge in [0.25, 0.3) is 0 Å². The third-order valence-corrected chi connectivity index (χ3v) is 1.82. The van der Waals surface area contributed by atoms with Crippen molar-refractivity contribution in [3.63, 3.8) is 0 Å². The van der Waals surface area contributed by atoms with Crippen molar-refractivity contribution >= 4 is 12.0 Å². The van der Waals surface area contributed by atoms with E-state index in [1.807, 2.05) is 0 Å². The van der Waals surface area contributed by atoms with Crippen LogP contribution in [-0.2, 0) is 4.79 Å². The number of alkyl halides is 2. The van der Waals surface area contributed by atoms with Gasteiger partial charge in [0.2, 0.25) is 0 Å². The van der Waals surface area contributed by atoms with Gasteiger partial charge in [-0.25, -0.2) is 4.79 Å². The third-order valence-electron chi connectivity index (χ3n) is 1.82. The molecule has 1 aromatic carbocycles. The molecule has 1 N–H and O–H groups in total. The Morgan fingerprint density at radius 3 is 2.65 bits per heavy atom. The van der Waals surface area contributed by atoms with Crippen molar-refractivity contribution in [2.24, 2.45) is 0 Å². The lowest BCUT2D eigenvalue weighted by Gasteiger charge is -2.10. The van der Waals surface area contributed by atoms with E-state index >= 15 is 0 Å². The summed E-state index contributed by atoms with van der Waals surface area (Å²) in [7, 11) is 1.32. The highest BCUT2D eigenvalue weighted by molar-refractivity contribution is 5.85. The van der Waals surface area contributed by atoms with Crippen molar-refractivity contribution in [3.8, 4) is 11.5 Å². The lowest BCUT2D eigenvalue weighted by atomic mass is 10.2. The highest BCUT2D eigenvalue weighted by Gasteiger charge is 2.10. The van der Waals surface area contributed by atoms with Crippen molar-refractivity contribution < 1.29 is 28.2 Å². The summed E-state index contributed by atoms with van der Waals surface area (Å²) in [5, 5.41) is 8.43. The van der Waals surface area contributed by atoms with Gasteiger partial charge in [-0.05, 0) is 23.8 Å². The lowest BCUT2D eigenvalue weighted by molar-refractivity contribution is -0.131. The number of hydrogen-bond acceptors (Lipinski definition) is 3. The molecule has 0 fully saturated rings. The molecule has 0 aliphatic rings. The van der Waals surface area contributed by atoms with Crippen LogP contribution < -0.4 is 9.47 Å². The molecule has 1 aromatic rings. The second kappa shape index (κ2) is 5.83. The second-order valence-electron chi connectivity index (χ2n) is 2.96. The summed E-state index contributed by atoms with van der Waals surface area (Å²) in [4.78, 5) is 10.3. The van der Waals surface area contributed by atoms with Crippen molar-refractivity contribution in [1.82, 2.24) is 0 Å². The zero-order valence-electron chi connectivity index (χ0n) is 8.89. The van der Waals surface area contributed by atoms with Crippen LogP contribution in [-0.4, -0.2) is 24.8 Å². The molecule has 0 amide bonds. The summed E-state index contributed by atoms with van der Waals surface area (Å²) in [6.45, 7) is -2.97. The van der Waals surface area contributed by atoms with E-state index in [4.69, 9.17) is 9.84 Å². The molecule has 0 bridgehead atoms. The van der Waals surface area contributed by atoms with Crippen LogP contribution in [0.25, 0.3) is 6.08 Å². The van der Waals surface area contributed by atoms with Crippen LogP contribution in [0, 0.1) is 0 Å². The number of ether oxygens (including phenoxy) is 2. The van der Waals surface area contributed by atoms with E-state index in [1.54, 1.807) is 0 Å². The highest BCUT2D eigenvalue weighted by Crippen LogP contribution is 2.29. The van der Waals surface area contributed by atoms with Gasteiger partial charge in [-0.1, -0.05) is 6.07 Å². The van der Waals surface area contributed by atoms with Gasteiger partial charge in [-0.2, -0.15) is 8.78 Å². The van der Waals surface area contributed by atoms with Crippen molar-refractivity contribution in [2.45, 2.75) is 6.61 Å². The fourth-order valence-corrected chi connectivity index (χ4v) is 1.15. The minimum Gasteiger partial charge on any atom is -0.493 e. The molecule has 17 heavy (non-hydrogen) atoms. The maximum absolute atomic E-state index is 12.1. The van der Waals surface area contributed by atoms with E-state index in [1.165, 1.54) is 31.4 Å². The molecule has 0 saturated heterocycles. The Balaban J connectivity index is 2.99. The minimum atomic E-state index is -2.97. The Kier molecular flexibility index (Phi) is 4.45. The first-order chi connectivity index (χ1) is 8.02. The summed E-state index contributed by atoms with van der Waals surface area (Å²) < 4.78 is 33.3. The van der Waals surface area contributed by atoms with Crippen LogP contribution in [0.4, 0.5) is 8.78 Å². The molecule has 0 spiro atoms. The van der Waals surface area contributed by atoms with Crippen molar-refractivity contribution in [3.05, 3.63) is 29.8 Å². The van der Waals surface area contributed by atoms with Crippen molar-refractivity contribution in [2.75, 3.05) is 7.11 Å². The molecule has 4 nitrogen and oxygen atoms in total. The van der Waals surface area contributed by atoms with Crippen LogP contribution in [0.15, 0.2) is 24.3 Å². The molecule has 6 heteroatoms. The molecular weight excluding hydrogens is 234 g/mol. The molecule has 92 valence electrons. The summed E-state index contributed by atoms with van der Waals surface area (Å²) in [6.07, 6.45) is 2.16. The number of aliphatic carboxylic acids is 1. The van der Waals surface area contributed by atoms with Gasteiger partial charge in [0, 0.05) is 6.08 Å². The van der Waals surface area contributed by atoms with Crippen LogP contribution in [0.3, 0.4) is 0 Å². The average molecular weight is 244 g/mol. The number of methoxy groups -OCH3 is 1. The van der Waals surface area contributed by atoms with Gasteiger partial charge >= 0.3 is 12.6 Å². The lowest BCUT2D eigenvalue weighted by Crippen LogP contribution is -2.03. The Hall–Kier alpha value is -2.11. The smallest absolute Gasteiger partial charge is 0.387 e. The summed E-state index contributed by atoms with van der Waals surface area (Å²) >= 11 is 0. The molecule has 0 atom stereocenters. The monoisotopic (exact) mass is 244 g/mol. The zero-order chi connectivity index (χ0) is 12.8. The number of carboxylic acids is 1. The van der Waals surface area contributed by atoms with Gasteiger partial charge in [-0.3, -0.25) is 0 Å². The molecule has 1 rings (SSSR count). The molecule has 0 aliphatic carbocycles. The van der Waals surface area contributed by atoms with Gasteiger partial charge in [0.1, 0.15) is 0 Å². The molecule has 0 aliphatic heterocycles. The van der Waals surface area contributed by atoms with E-state index in [0.29, 0.717) is 5.56 Å². The first-order valence-corrected chi connectivity index (χ1v) is 4.57. The number of halogens is 2. The Morgan fingerprint density at radius 1 is 1.41 bits per heavy atom. The topological polar surface area (TPSA) is 55.8 Å². The standard InChI is InChI=1S/C11H10F2O4/c1-16-8-4-2-7(3-5-10(14)15)6-9(8)17-11(12)13/h2-6,11H,1H3,(H,14,15)/b5-3+. The summed E-state index contributed by atoms with van der Waals surface area (Å²) in [6, 6.07) is 4.21. The van der Waals surface area contributed by atoms with E-state index in [0.717, 1.165) is 6.08 Å². The van der Waals surface area contributed by atoms with Gasteiger partial charge in [0.15, 0.2) is 11.5 Å². The maximum atomic E-state index is 12.1. The van der Waals surface area contributed by atoms with Gasteiger partial charge in [0.05, 0.1) is 7.11 Å². The normalized spacial score (nSPS) is 10.8. The van der Waals surface area contributed by atoms with Crippen LogP contribution in [0.1, 0.15) is 5.56 Å². The fraction of sp³-hybridized carbons (Fsp3) is 0.182. The predicted octanol–water partition coefficient (Wildman–Crippen LogP) is 2.39. The van der Waals surface area contributed by atoms with Gasteiger partial charge < -0.3 is 14.6 Å². The Bertz CT molecular complexity index is 429. The molecule has 0 heterocycles. The SMILES string of the molecule is COc1ccc(/C=C/C(=O)O)cc1OC(F)F. The Labute approximate surface area is 96.1 Å². The van der Waals surface area contributed by atoms with Crippen LogP contribution in [0.5, 0.6) is 11.5 Å². The fourth-order valence-electron chi connectivity index (χ4n) is 1.15. The minimum absolute atomic E-state index is 0.143. The number of rotatable bonds is 5. The molecule has 0 aromatic heterocycles. The summed E-state index contributed by atoms with van der Waals surface area (Å²) in [5.74, 6) is -1.12. The molecule has 0 saturated carbocycles. The largest absolute Gasteiger partial charge is 0.493 e. The number of hydrogen-bond donors (Lipinski definition) is 1. The van der Waals surface area contributed by atoms with Crippen molar-refractivity contribution in [1.29, 1.82) is 0 Å². The van der Waals surface area contributed by atoms with Crippen LogP contribution in [0.2, 0.25) is 0 Å². The maximum Gasteiger partial charge on any atom is 0.387 e. The molecule has 0 radical (unpaired) electrons. The summed E-state index contributed by atoms with van der Waals surface area (Å²) in [5.41, 5.74) is 0.420. The third kappa shape index (κ3) is 4.10. The number of carbonyl (C=O) groups is 1.